The summed E-state index contributed by atoms with van der Waals surface area (Å²) < 4.78 is 11.0. The second kappa shape index (κ2) is 7.95. The first kappa shape index (κ1) is 19.0. The lowest BCUT2D eigenvalue weighted by atomic mass is 9.86. The lowest BCUT2D eigenvalue weighted by Crippen LogP contribution is -2.26. The quantitative estimate of drug-likeness (QED) is 0.663. The Morgan fingerprint density at radius 2 is 2.00 bits per heavy atom. The van der Waals surface area contributed by atoms with Gasteiger partial charge in [-0.2, -0.15) is 0 Å². The summed E-state index contributed by atoms with van der Waals surface area (Å²) in [6.07, 6.45) is 4.44. The highest BCUT2D eigenvalue weighted by atomic mass is 16.5. The Bertz CT molecular complexity index is 1120. The number of fused-ring (bicyclic) bond motifs is 2. The summed E-state index contributed by atoms with van der Waals surface area (Å²) >= 11 is 0. The fraction of sp³-hybridized carbons (Fsp3) is 0.250. The van der Waals surface area contributed by atoms with E-state index < -0.39 is 5.97 Å². The van der Waals surface area contributed by atoms with Crippen LogP contribution in [0.3, 0.4) is 0 Å². The Morgan fingerprint density at radius 3 is 2.76 bits per heavy atom. The van der Waals surface area contributed by atoms with E-state index in [4.69, 9.17) is 14.5 Å². The SMILES string of the molecule is CCOc1cc(/C=C2\CCCc3c2nc2ccccc2c3C(=O)[O-])ccc1OC. The molecule has 4 rings (SSSR count). The first-order valence-electron chi connectivity index (χ1n) is 9.77. The molecule has 0 N–H and O–H groups in total. The number of rotatable bonds is 5. The van der Waals surface area contributed by atoms with Gasteiger partial charge in [0.1, 0.15) is 0 Å². The van der Waals surface area contributed by atoms with Gasteiger partial charge in [-0.25, -0.2) is 4.98 Å². The number of carbonyl (C=O) groups excluding carboxylic acids is 1. The van der Waals surface area contributed by atoms with Gasteiger partial charge in [-0.1, -0.05) is 24.3 Å². The monoisotopic (exact) mass is 388 g/mol. The van der Waals surface area contributed by atoms with Gasteiger partial charge in [0.05, 0.1) is 30.9 Å². The number of methoxy groups -OCH3 is 1. The molecule has 0 saturated carbocycles. The highest BCUT2D eigenvalue weighted by Crippen LogP contribution is 2.37. The van der Waals surface area contributed by atoms with Crippen molar-refractivity contribution in [2.24, 2.45) is 0 Å². The number of allylic oxidation sites excluding steroid dienone is 1. The van der Waals surface area contributed by atoms with Gasteiger partial charge in [-0.3, -0.25) is 0 Å². The van der Waals surface area contributed by atoms with Crippen LogP contribution in [-0.4, -0.2) is 24.7 Å². The average Bonchev–Trinajstić information content (AvgIpc) is 2.72. The zero-order chi connectivity index (χ0) is 20.4. The summed E-state index contributed by atoms with van der Waals surface area (Å²) in [5, 5.41) is 12.6. The average molecular weight is 388 g/mol. The molecule has 1 aromatic heterocycles. The summed E-state index contributed by atoms with van der Waals surface area (Å²) in [5.41, 5.74) is 4.43. The second-order valence-corrected chi connectivity index (χ2v) is 6.99. The lowest BCUT2D eigenvalue weighted by Gasteiger charge is -2.23. The smallest absolute Gasteiger partial charge is 0.161 e. The summed E-state index contributed by atoms with van der Waals surface area (Å²) in [6, 6.07) is 13.1. The van der Waals surface area contributed by atoms with E-state index in [2.05, 4.69) is 6.08 Å². The largest absolute Gasteiger partial charge is 0.545 e. The molecule has 0 radical (unpaired) electrons. The van der Waals surface area contributed by atoms with Crippen LogP contribution >= 0.6 is 0 Å². The zero-order valence-electron chi connectivity index (χ0n) is 16.5. The van der Waals surface area contributed by atoms with Gasteiger partial charge in [0.2, 0.25) is 0 Å². The molecule has 1 heterocycles. The number of hydrogen-bond donors (Lipinski definition) is 0. The van der Waals surface area contributed by atoms with E-state index >= 15 is 0 Å². The minimum absolute atomic E-state index is 0.265. The molecule has 3 aromatic rings. The van der Waals surface area contributed by atoms with Crippen molar-refractivity contribution in [1.82, 2.24) is 4.98 Å². The fourth-order valence-electron chi connectivity index (χ4n) is 3.96. The van der Waals surface area contributed by atoms with E-state index in [1.807, 2.05) is 43.3 Å². The molecular weight excluding hydrogens is 366 g/mol. The van der Waals surface area contributed by atoms with Crippen LogP contribution in [-0.2, 0) is 6.42 Å². The summed E-state index contributed by atoms with van der Waals surface area (Å²) in [7, 11) is 1.61. The molecule has 0 fully saturated rings. The first-order chi connectivity index (χ1) is 14.1. The number of carboxylic acids is 1. The van der Waals surface area contributed by atoms with Gasteiger partial charge in [-0.05, 0) is 67.2 Å². The highest BCUT2D eigenvalue weighted by molar-refractivity contribution is 6.05. The van der Waals surface area contributed by atoms with Gasteiger partial charge in [-0.15, -0.1) is 0 Å². The lowest BCUT2D eigenvalue weighted by molar-refractivity contribution is -0.254. The third-order valence-electron chi connectivity index (χ3n) is 5.20. The number of ether oxygens (including phenoxy) is 2. The van der Waals surface area contributed by atoms with Crippen LogP contribution in [0.4, 0.5) is 0 Å². The Morgan fingerprint density at radius 1 is 1.17 bits per heavy atom. The molecule has 0 unspecified atom stereocenters. The van der Waals surface area contributed by atoms with Gasteiger partial charge in [0.15, 0.2) is 11.5 Å². The fourth-order valence-corrected chi connectivity index (χ4v) is 3.96. The first-order valence-corrected chi connectivity index (χ1v) is 9.77. The molecule has 2 aromatic carbocycles. The maximum atomic E-state index is 12.0. The maximum Gasteiger partial charge on any atom is 0.161 e. The topological polar surface area (TPSA) is 71.5 Å². The molecule has 1 aliphatic carbocycles. The van der Waals surface area contributed by atoms with Crippen molar-refractivity contribution in [3.05, 3.63) is 64.8 Å². The van der Waals surface area contributed by atoms with Crippen molar-refractivity contribution in [1.29, 1.82) is 0 Å². The molecule has 0 aliphatic heterocycles. The van der Waals surface area contributed by atoms with E-state index in [0.29, 0.717) is 35.4 Å². The van der Waals surface area contributed by atoms with Crippen LogP contribution in [0.1, 0.15) is 46.9 Å². The Hall–Kier alpha value is -3.34. The molecular formula is C24H22NO4-. The van der Waals surface area contributed by atoms with Crippen molar-refractivity contribution in [3.63, 3.8) is 0 Å². The second-order valence-electron chi connectivity index (χ2n) is 6.99. The Kier molecular flexibility index (Phi) is 5.21. The highest BCUT2D eigenvalue weighted by Gasteiger charge is 2.22. The van der Waals surface area contributed by atoms with Crippen molar-refractivity contribution in [2.45, 2.75) is 26.2 Å². The zero-order valence-corrected chi connectivity index (χ0v) is 16.5. The predicted molar refractivity (Wildman–Crippen MR) is 111 cm³/mol. The molecule has 0 atom stereocenters. The van der Waals surface area contributed by atoms with Crippen molar-refractivity contribution in [3.8, 4) is 11.5 Å². The normalized spacial score (nSPS) is 14.6. The Balaban J connectivity index is 1.87. The third kappa shape index (κ3) is 3.56. The minimum Gasteiger partial charge on any atom is -0.545 e. The summed E-state index contributed by atoms with van der Waals surface area (Å²) in [5.74, 6) is 0.216. The maximum absolute atomic E-state index is 12.0. The third-order valence-corrected chi connectivity index (χ3v) is 5.20. The summed E-state index contributed by atoms with van der Waals surface area (Å²) in [6.45, 7) is 2.47. The number of nitrogens with zero attached hydrogens (tertiary/aromatic N) is 1. The van der Waals surface area contributed by atoms with E-state index in [1.54, 1.807) is 13.2 Å². The van der Waals surface area contributed by atoms with Crippen molar-refractivity contribution >= 4 is 28.5 Å². The number of aromatic nitrogens is 1. The molecule has 148 valence electrons. The van der Waals surface area contributed by atoms with E-state index in [1.165, 1.54) is 0 Å². The van der Waals surface area contributed by atoms with Gasteiger partial charge >= 0.3 is 0 Å². The van der Waals surface area contributed by atoms with Gasteiger partial charge < -0.3 is 19.4 Å². The summed E-state index contributed by atoms with van der Waals surface area (Å²) in [4.78, 5) is 16.8. The van der Waals surface area contributed by atoms with Crippen LogP contribution in [0.2, 0.25) is 0 Å². The number of hydrogen-bond acceptors (Lipinski definition) is 5. The Labute approximate surface area is 169 Å². The van der Waals surface area contributed by atoms with Crippen LogP contribution in [0.15, 0.2) is 42.5 Å². The number of aromatic carboxylic acids is 1. The van der Waals surface area contributed by atoms with Gasteiger partial charge in [0, 0.05) is 10.9 Å². The molecule has 0 spiro atoms. The number of benzene rings is 2. The van der Waals surface area contributed by atoms with Crippen LogP contribution in [0.5, 0.6) is 11.5 Å². The van der Waals surface area contributed by atoms with Crippen LogP contribution in [0.25, 0.3) is 22.6 Å². The molecule has 0 bridgehead atoms. The molecule has 0 saturated heterocycles. The van der Waals surface area contributed by atoms with Crippen LogP contribution < -0.4 is 14.6 Å². The number of para-hydroxylation sites is 1. The molecule has 1 aliphatic rings. The molecule has 5 nitrogen and oxygen atoms in total. The van der Waals surface area contributed by atoms with Crippen molar-refractivity contribution in [2.75, 3.05) is 13.7 Å². The standard InChI is InChI=1S/C24H23NO4/c1-3-29-21-14-15(11-12-20(21)28-2)13-16-7-6-9-18-22(24(26)27)17-8-4-5-10-19(17)25-23(16)18/h4-5,8,10-14H,3,6-7,9H2,1-2H3,(H,26,27)/p-1/b16-13+. The molecule has 5 heteroatoms. The van der Waals surface area contributed by atoms with E-state index in [-0.39, 0.29) is 5.56 Å². The van der Waals surface area contributed by atoms with Crippen LogP contribution in [0, 0.1) is 0 Å². The minimum atomic E-state index is -1.15. The number of carboxylic acid groups (broad SMARTS) is 1. The van der Waals surface area contributed by atoms with E-state index in [9.17, 15) is 9.90 Å². The molecule has 0 amide bonds. The molecule has 29 heavy (non-hydrogen) atoms. The van der Waals surface area contributed by atoms with E-state index in [0.717, 1.165) is 35.2 Å². The van der Waals surface area contributed by atoms with Crippen molar-refractivity contribution < 1.29 is 19.4 Å². The number of pyridine rings is 1. The number of carbonyl (C=O) groups is 1. The van der Waals surface area contributed by atoms with Gasteiger partial charge in [0.25, 0.3) is 0 Å². The predicted octanol–water partition coefficient (Wildman–Crippen LogP) is 3.88.